The molecule has 0 aliphatic rings. The van der Waals surface area contributed by atoms with E-state index >= 15 is 0 Å². The number of rotatable bonds is 8. The van der Waals surface area contributed by atoms with Crippen LogP contribution in [0.25, 0.3) is 0 Å². The van der Waals surface area contributed by atoms with Crippen molar-refractivity contribution in [2.75, 3.05) is 0 Å². The van der Waals surface area contributed by atoms with Crippen molar-refractivity contribution in [1.29, 1.82) is 0 Å². The van der Waals surface area contributed by atoms with Gasteiger partial charge in [-0.15, -0.1) is 0 Å². The van der Waals surface area contributed by atoms with Crippen LogP contribution in [0.1, 0.15) is 421 Å². The van der Waals surface area contributed by atoms with E-state index < -0.39 is 22.8 Å². The first-order chi connectivity index (χ1) is 52.4. The molecule has 0 unspecified atom stereocenters. The third-order valence-electron chi connectivity index (χ3n) is 24.3. The second kappa shape index (κ2) is 33.6. The normalized spacial score (nSPS) is 14.1. The molecule has 0 aliphatic carbocycles. The molecule has 0 saturated heterocycles. The average Bonchev–Trinajstić information content (AvgIpc) is 0.695. The Hall–Kier alpha value is -5.36. The highest BCUT2D eigenvalue weighted by Crippen LogP contribution is 2.64. The molecule has 0 spiro atoms. The van der Waals surface area contributed by atoms with Gasteiger partial charge in [-0.2, -0.15) is 0 Å². The lowest BCUT2D eigenvalue weighted by atomic mass is 9.80. The standard InChI is InChI=1S/2C56H84P.HO3P/c2*1-49(2,3)37-25-29-45(41(33-37)53(13,14)15)57(46-30-26-38(50(4,5)6)34-42(46)54(16,17)18,47-31-27-39(51(7,8)9)35-43(47)55(19,20)21)48-32-28-40(52(10,11)12)36-44(48)56(22,23)24;1-4(2)3/h2*25-36H,1-24H3;(H,1,2,3)/q2*+1;/p-1. The molecule has 8 aromatic carbocycles. The van der Waals surface area contributed by atoms with Gasteiger partial charge in [-0.3, -0.25) is 0 Å². The van der Waals surface area contributed by atoms with Gasteiger partial charge in [0.2, 0.25) is 0 Å². The number of hydrogen-bond donors (Lipinski definition) is 0. The monoisotopic (exact) mass is 1650 g/mol. The van der Waals surface area contributed by atoms with Crippen molar-refractivity contribution >= 4 is 65.2 Å². The lowest BCUT2D eigenvalue weighted by Gasteiger charge is -2.41. The van der Waals surface area contributed by atoms with E-state index in [9.17, 15) is 0 Å². The fourth-order valence-corrected chi connectivity index (χ4v) is 28.3. The molecule has 0 heterocycles. The zero-order chi connectivity index (χ0) is 91.4. The molecule has 0 aromatic heterocycles. The van der Waals surface area contributed by atoms with E-state index in [4.69, 9.17) is 14.4 Å². The van der Waals surface area contributed by atoms with Gasteiger partial charge in [0.05, 0.1) is 0 Å². The third kappa shape index (κ3) is 22.6. The summed E-state index contributed by atoms with van der Waals surface area (Å²) < 4.78 is 8.48. The molecule has 648 valence electrons. The van der Waals surface area contributed by atoms with Crippen LogP contribution in [0.2, 0.25) is 0 Å². The molecule has 6 heteroatoms. The summed E-state index contributed by atoms with van der Waals surface area (Å²) in [5.41, 5.74) is 22.0. The quantitative estimate of drug-likeness (QED) is 0.142. The van der Waals surface area contributed by atoms with Crippen LogP contribution >= 0.6 is 22.8 Å². The van der Waals surface area contributed by atoms with Gasteiger partial charge in [-0.25, -0.2) is 0 Å². The summed E-state index contributed by atoms with van der Waals surface area (Å²) >= 11 is 0. The Labute approximate surface area is 728 Å². The lowest BCUT2D eigenvalue weighted by molar-refractivity contribution is -0.297. The number of benzene rings is 8. The maximum absolute atomic E-state index is 8.48. The van der Waals surface area contributed by atoms with Crippen LogP contribution < -0.4 is 52.2 Å². The highest BCUT2D eigenvalue weighted by Gasteiger charge is 2.59. The second-order valence-corrected chi connectivity index (χ2v) is 58.4. The second-order valence-electron chi connectivity index (χ2n) is 51.4. The van der Waals surface area contributed by atoms with E-state index in [0.717, 1.165) is 0 Å². The molecule has 0 atom stereocenters. The summed E-state index contributed by atoms with van der Waals surface area (Å²) in [5, 5.41) is 12.0. The molecular weight excluding hydrogens is 1490 g/mol. The number of hydrogen-bond acceptors (Lipinski definition) is 3. The van der Waals surface area contributed by atoms with E-state index in [1.165, 1.54) is 131 Å². The van der Waals surface area contributed by atoms with Crippen molar-refractivity contribution < 1.29 is 14.4 Å². The molecule has 8 rings (SSSR count). The summed E-state index contributed by atoms with van der Waals surface area (Å²) in [7, 11) is -8.83. The van der Waals surface area contributed by atoms with Crippen LogP contribution in [-0.4, -0.2) is 0 Å². The van der Waals surface area contributed by atoms with Crippen molar-refractivity contribution in [2.24, 2.45) is 0 Å². The minimum absolute atomic E-state index is 0.0143. The van der Waals surface area contributed by atoms with Crippen molar-refractivity contribution in [3.8, 4) is 0 Å². The van der Waals surface area contributed by atoms with Crippen LogP contribution in [-0.2, 0) is 91.2 Å². The summed E-state index contributed by atoms with van der Waals surface area (Å²) in [6, 6.07) is 61.5. The largest absolute Gasteiger partial charge is 0.598 e. The van der Waals surface area contributed by atoms with Crippen LogP contribution in [0.3, 0.4) is 0 Å². The molecule has 118 heavy (non-hydrogen) atoms. The van der Waals surface area contributed by atoms with Gasteiger partial charge in [-0.05, 0) is 180 Å². The molecule has 0 aliphatic heterocycles. The smallest absolute Gasteiger partial charge is 0.276 e. The Morgan fingerprint density at radius 3 is 0.297 bits per heavy atom. The maximum atomic E-state index is 8.48. The Morgan fingerprint density at radius 2 is 0.237 bits per heavy atom. The minimum Gasteiger partial charge on any atom is -0.598 e. The Kier molecular flexibility index (Phi) is 28.9. The first-order valence-electron chi connectivity index (χ1n) is 44.2. The van der Waals surface area contributed by atoms with E-state index in [0.29, 0.717) is 0 Å². The van der Waals surface area contributed by atoms with Crippen LogP contribution in [0.15, 0.2) is 146 Å². The van der Waals surface area contributed by atoms with Gasteiger partial charge in [0.25, 0.3) is 8.25 Å². The zero-order valence-corrected chi connectivity index (χ0v) is 87.1. The van der Waals surface area contributed by atoms with Crippen LogP contribution in [0.4, 0.5) is 0 Å². The zero-order valence-electron chi connectivity index (χ0n) is 84.4. The van der Waals surface area contributed by atoms with Gasteiger partial charge in [0, 0.05) is 44.5 Å². The van der Waals surface area contributed by atoms with E-state index in [1.807, 2.05) is 0 Å². The van der Waals surface area contributed by atoms with Crippen LogP contribution in [0.5, 0.6) is 0 Å². The van der Waals surface area contributed by atoms with E-state index in [1.54, 1.807) is 0 Å². The Bertz CT molecular complexity index is 3980. The first kappa shape index (κ1) is 101. The predicted octanol–water partition coefficient (Wildman–Crippen LogP) is 27.7. The van der Waals surface area contributed by atoms with Gasteiger partial charge in [0.1, 0.15) is 57.0 Å². The van der Waals surface area contributed by atoms with Gasteiger partial charge in [-0.1, -0.05) is 434 Å². The van der Waals surface area contributed by atoms with Crippen molar-refractivity contribution in [2.45, 2.75) is 419 Å². The molecule has 3 nitrogen and oxygen atoms in total. The molecule has 0 fully saturated rings. The van der Waals surface area contributed by atoms with Gasteiger partial charge >= 0.3 is 0 Å². The first-order valence-corrected chi connectivity index (χ1v) is 48.9. The summed E-state index contributed by atoms with van der Waals surface area (Å²) in [6.07, 6.45) is 0. The SMILES string of the molecule is CC(C)(C)c1ccc([P+](c2ccc(C(C)(C)C)cc2C(C)(C)C)(c2ccc(C(C)(C)C)cc2C(C)(C)C)c2ccc(C(C)(C)C)cc2C(C)(C)C)c(C(C)(C)C)c1.CC(C)(C)c1ccc([P+](c2ccc(C(C)(C)C)cc2C(C)(C)C)(c2ccc(C(C)(C)C)cc2C(C)(C)C)c2ccc(C(C)(C)C)cc2C(C)(C)C)c(C(C)(C)C)c1.O=[P+]([O-])[O-]. The molecule has 0 N–H and O–H groups in total. The lowest BCUT2D eigenvalue weighted by Crippen LogP contribution is -2.48. The van der Waals surface area contributed by atoms with E-state index in [2.05, 4.69) is 478 Å². The summed E-state index contributed by atoms with van der Waals surface area (Å²) in [4.78, 5) is 17.0. The highest BCUT2D eigenvalue weighted by molar-refractivity contribution is 8.02. The highest BCUT2D eigenvalue weighted by atomic mass is 31.2. The van der Waals surface area contributed by atoms with Crippen molar-refractivity contribution in [1.82, 2.24) is 0 Å². The van der Waals surface area contributed by atoms with Crippen molar-refractivity contribution in [3.63, 3.8) is 0 Å². The van der Waals surface area contributed by atoms with Gasteiger partial charge in [0.15, 0.2) is 0 Å². The topological polar surface area (TPSA) is 63.2 Å². The van der Waals surface area contributed by atoms with Crippen molar-refractivity contribution in [3.05, 3.63) is 235 Å². The molecular formula is C112H168O3P3+. The van der Waals surface area contributed by atoms with Gasteiger partial charge < -0.3 is 9.79 Å². The average molecular weight is 1660 g/mol. The molecule has 0 bridgehead atoms. The Balaban J connectivity index is 0.000000350. The minimum atomic E-state index is -3.37. The molecule has 0 radical (unpaired) electrons. The molecule has 0 amide bonds. The molecule has 0 saturated carbocycles. The summed E-state index contributed by atoms with van der Waals surface area (Å²) in [5.74, 6) is 0. The Morgan fingerprint density at radius 1 is 0.161 bits per heavy atom. The fourth-order valence-electron chi connectivity index (χ4n) is 16.7. The third-order valence-corrected chi connectivity index (χ3v) is 33.2. The van der Waals surface area contributed by atoms with E-state index in [-0.39, 0.29) is 86.6 Å². The predicted molar refractivity (Wildman–Crippen MR) is 529 cm³/mol. The molecule has 8 aromatic rings. The van der Waals surface area contributed by atoms with Crippen LogP contribution in [0, 0.1) is 0 Å². The fraction of sp³-hybridized carbons (Fsp3) is 0.571. The summed E-state index contributed by atoms with van der Waals surface area (Å²) in [6.45, 7) is 115. The maximum Gasteiger partial charge on any atom is 0.276 e.